The third kappa shape index (κ3) is 3.60. The zero-order valence-corrected chi connectivity index (χ0v) is 15.4. The van der Waals surface area contributed by atoms with Gasteiger partial charge in [-0.2, -0.15) is 15.0 Å². The Balaban J connectivity index is 1.75. The van der Waals surface area contributed by atoms with Crippen LogP contribution in [0.25, 0.3) is 10.9 Å². The molecule has 7 nitrogen and oxygen atoms in total. The molecular weight excluding hydrogens is 345 g/mol. The quantitative estimate of drug-likeness (QED) is 0.731. The Kier molecular flexibility index (Phi) is 4.47. The minimum absolute atomic E-state index is 0.108. The van der Waals surface area contributed by atoms with Gasteiger partial charge in [0.1, 0.15) is 17.5 Å². The number of rotatable bonds is 4. The first-order chi connectivity index (χ1) is 13.0. The lowest BCUT2D eigenvalue weighted by atomic mass is 10.1. The van der Waals surface area contributed by atoms with E-state index in [1.165, 1.54) is 12.1 Å². The van der Waals surface area contributed by atoms with Crippen LogP contribution >= 0.6 is 0 Å². The molecule has 0 amide bonds. The first kappa shape index (κ1) is 17.4. The average molecular weight is 367 g/mol. The first-order valence-electron chi connectivity index (χ1n) is 9.09. The Morgan fingerprint density at radius 1 is 1.11 bits per heavy atom. The van der Waals surface area contributed by atoms with E-state index in [4.69, 9.17) is 10.7 Å². The van der Waals surface area contributed by atoms with Crippen molar-refractivity contribution < 1.29 is 4.39 Å². The van der Waals surface area contributed by atoms with Crippen molar-refractivity contribution in [1.82, 2.24) is 19.9 Å². The SMILES string of the molecule is Cc1nc(N)nc(N[C@@H](C)c2cc3ccc(F)cc3nc2N2CCCC2)n1. The molecule has 0 saturated carbocycles. The molecule has 3 N–H and O–H groups in total. The number of hydrogen-bond acceptors (Lipinski definition) is 7. The van der Waals surface area contributed by atoms with Crippen LogP contribution in [0.3, 0.4) is 0 Å². The minimum atomic E-state index is -0.280. The van der Waals surface area contributed by atoms with Gasteiger partial charge in [-0.05, 0) is 44.9 Å². The fraction of sp³-hybridized carbons (Fsp3) is 0.368. The number of benzene rings is 1. The highest BCUT2D eigenvalue weighted by molar-refractivity contribution is 5.82. The van der Waals surface area contributed by atoms with Gasteiger partial charge in [0.15, 0.2) is 0 Å². The minimum Gasteiger partial charge on any atom is -0.368 e. The second-order valence-corrected chi connectivity index (χ2v) is 6.86. The lowest BCUT2D eigenvalue weighted by Gasteiger charge is -2.24. The number of nitrogen functional groups attached to an aromatic ring is 1. The molecular formula is C19H22FN7. The van der Waals surface area contributed by atoms with Crippen molar-refractivity contribution in [2.75, 3.05) is 29.0 Å². The van der Waals surface area contributed by atoms with Gasteiger partial charge in [0, 0.05) is 30.1 Å². The summed E-state index contributed by atoms with van der Waals surface area (Å²) in [6.45, 7) is 5.70. The number of nitrogens with one attached hydrogen (secondary N) is 1. The molecule has 1 aromatic carbocycles. The summed E-state index contributed by atoms with van der Waals surface area (Å²) in [4.78, 5) is 19.5. The lowest BCUT2D eigenvalue weighted by molar-refractivity contribution is 0.629. The van der Waals surface area contributed by atoms with Gasteiger partial charge in [-0.1, -0.05) is 0 Å². The molecule has 1 saturated heterocycles. The highest BCUT2D eigenvalue weighted by Gasteiger charge is 2.22. The molecule has 0 unspecified atom stereocenters. The molecule has 27 heavy (non-hydrogen) atoms. The third-order valence-electron chi connectivity index (χ3n) is 4.77. The lowest BCUT2D eigenvalue weighted by Crippen LogP contribution is -2.23. The molecule has 2 aromatic heterocycles. The van der Waals surface area contributed by atoms with Crippen LogP contribution in [0.1, 0.15) is 37.2 Å². The van der Waals surface area contributed by atoms with Crippen LogP contribution in [0.5, 0.6) is 0 Å². The number of halogens is 1. The maximum atomic E-state index is 13.7. The largest absolute Gasteiger partial charge is 0.368 e. The van der Waals surface area contributed by atoms with E-state index in [2.05, 4.69) is 31.2 Å². The number of hydrogen-bond donors (Lipinski definition) is 2. The molecule has 0 bridgehead atoms. The van der Waals surface area contributed by atoms with Gasteiger partial charge in [-0.15, -0.1) is 0 Å². The van der Waals surface area contributed by atoms with Crippen LogP contribution in [0, 0.1) is 12.7 Å². The van der Waals surface area contributed by atoms with E-state index >= 15 is 0 Å². The van der Waals surface area contributed by atoms with E-state index in [1.54, 1.807) is 13.0 Å². The summed E-state index contributed by atoms with van der Waals surface area (Å²) < 4.78 is 13.7. The molecule has 1 atom stereocenters. The van der Waals surface area contributed by atoms with Crippen molar-refractivity contribution in [1.29, 1.82) is 0 Å². The second kappa shape index (κ2) is 6.94. The van der Waals surface area contributed by atoms with Crippen molar-refractivity contribution in [2.45, 2.75) is 32.7 Å². The fourth-order valence-electron chi connectivity index (χ4n) is 3.49. The van der Waals surface area contributed by atoms with Crippen LogP contribution in [0.4, 0.5) is 22.1 Å². The summed E-state index contributed by atoms with van der Waals surface area (Å²) in [5, 5.41) is 4.19. The van der Waals surface area contributed by atoms with Gasteiger partial charge < -0.3 is 16.0 Å². The number of nitrogens with two attached hydrogens (primary N) is 1. The van der Waals surface area contributed by atoms with Gasteiger partial charge in [0.25, 0.3) is 0 Å². The normalized spacial score (nSPS) is 15.3. The summed E-state index contributed by atoms with van der Waals surface area (Å²) >= 11 is 0. The molecule has 8 heteroatoms. The van der Waals surface area contributed by atoms with Crippen LogP contribution in [-0.2, 0) is 0 Å². The standard InChI is InChI=1S/C19H22FN7/c1-11(22-19-24-12(2)23-18(21)26-19)15-9-13-5-6-14(20)10-16(13)25-17(15)27-7-3-4-8-27/h5-6,9-11H,3-4,7-8H2,1-2H3,(H3,21,22,23,24,26)/t11-/m0/s1. The van der Waals surface area contributed by atoms with Crippen molar-refractivity contribution in [2.24, 2.45) is 0 Å². The zero-order chi connectivity index (χ0) is 19.0. The average Bonchev–Trinajstić information content (AvgIpc) is 3.14. The number of pyridine rings is 1. The molecule has 1 fully saturated rings. The maximum Gasteiger partial charge on any atom is 0.228 e. The van der Waals surface area contributed by atoms with Gasteiger partial charge >= 0.3 is 0 Å². The Hall–Kier alpha value is -3.03. The zero-order valence-electron chi connectivity index (χ0n) is 15.4. The number of fused-ring (bicyclic) bond motifs is 1. The predicted molar refractivity (Wildman–Crippen MR) is 104 cm³/mol. The molecule has 1 aliphatic rings. The molecule has 0 aliphatic carbocycles. The Labute approximate surface area is 156 Å². The van der Waals surface area contributed by atoms with Crippen LogP contribution in [0.15, 0.2) is 24.3 Å². The highest BCUT2D eigenvalue weighted by atomic mass is 19.1. The monoisotopic (exact) mass is 367 g/mol. The van der Waals surface area contributed by atoms with E-state index < -0.39 is 0 Å². The number of aromatic nitrogens is 4. The van der Waals surface area contributed by atoms with Gasteiger partial charge in [-0.25, -0.2) is 9.37 Å². The van der Waals surface area contributed by atoms with E-state index in [-0.39, 0.29) is 17.8 Å². The Morgan fingerprint density at radius 3 is 2.63 bits per heavy atom. The van der Waals surface area contributed by atoms with E-state index in [0.29, 0.717) is 17.3 Å². The Bertz CT molecular complexity index is 965. The first-order valence-corrected chi connectivity index (χ1v) is 9.09. The highest BCUT2D eigenvalue weighted by Crippen LogP contribution is 2.32. The van der Waals surface area contributed by atoms with Crippen molar-refractivity contribution >= 4 is 28.6 Å². The summed E-state index contributed by atoms with van der Waals surface area (Å²) in [6, 6.07) is 6.64. The van der Waals surface area contributed by atoms with Crippen molar-refractivity contribution in [3.8, 4) is 0 Å². The number of anilines is 3. The van der Waals surface area contributed by atoms with Crippen LogP contribution in [-0.4, -0.2) is 33.0 Å². The van der Waals surface area contributed by atoms with Crippen molar-refractivity contribution in [3.05, 3.63) is 41.5 Å². The molecule has 0 spiro atoms. The van der Waals surface area contributed by atoms with Gasteiger partial charge in [-0.3, -0.25) is 0 Å². The van der Waals surface area contributed by atoms with Crippen molar-refractivity contribution in [3.63, 3.8) is 0 Å². The molecule has 0 radical (unpaired) electrons. The molecule has 4 rings (SSSR count). The van der Waals surface area contributed by atoms with E-state index in [0.717, 1.165) is 42.7 Å². The summed E-state index contributed by atoms with van der Waals surface area (Å²) in [5.74, 6) is 1.77. The summed E-state index contributed by atoms with van der Waals surface area (Å²) in [7, 11) is 0. The fourth-order valence-corrected chi connectivity index (χ4v) is 3.49. The molecule has 140 valence electrons. The third-order valence-corrected chi connectivity index (χ3v) is 4.77. The molecule has 3 aromatic rings. The Morgan fingerprint density at radius 2 is 1.89 bits per heavy atom. The van der Waals surface area contributed by atoms with E-state index in [1.807, 2.05) is 6.92 Å². The van der Waals surface area contributed by atoms with Gasteiger partial charge in [0.2, 0.25) is 11.9 Å². The molecule has 1 aliphatic heterocycles. The summed E-state index contributed by atoms with van der Waals surface area (Å²) in [6.07, 6.45) is 2.26. The smallest absolute Gasteiger partial charge is 0.228 e. The number of aryl methyl sites for hydroxylation is 1. The summed E-state index contributed by atoms with van der Waals surface area (Å²) in [5.41, 5.74) is 7.41. The maximum absolute atomic E-state index is 13.7. The second-order valence-electron chi connectivity index (χ2n) is 6.86. The molecule has 3 heterocycles. The van der Waals surface area contributed by atoms with E-state index in [9.17, 15) is 4.39 Å². The van der Waals surface area contributed by atoms with Gasteiger partial charge in [0.05, 0.1) is 11.6 Å². The topological polar surface area (TPSA) is 92.8 Å². The van der Waals surface area contributed by atoms with Crippen LogP contribution in [0.2, 0.25) is 0 Å². The van der Waals surface area contributed by atoms with Crippen LogP contribution < -0.4 is 16.0 Å². The predicted octanol–water partition coefficient (Wildman–Crippen LogP) is 3.22. The number of nitrogens with zero attached hydrogens (tertiary/aromatic N) is 5.